The number of nitrogens with zero attached hydrogens (tertiary/aromatic N) is 6. The van der Waals surface area contributed by atoms with Crippen LogP contribution in [0.2, 0.25) is 0 Å². The molecule has 0 aliphatic heterocycles. The molecule has 6 nitrogen and oxygen atoms in total. The maximum Gasteiger partial charge on any atom is 0.188 e. The molecule has 6 heteroatoms. The normalized spacial score (nSPS) is 11.3. The summed E-state index contributed by atoms with van der Waals surface area (Å²) in [6, 6.07) is 67.1. The van der Waals surface area contributed by atoms with Crippen molar-refractivity contribution in [1.82, 2.24) is 14.1 Å². The average molecular weight is 793 g/mol. The molecule has 0 fully saturated rings. The lowest BCUT2D eigenvalue weighted by molar-refractivity contribution is 1.14. The smallest absolute Gasteiger partial charge is 0.188 e. The Kier molecular flexibility index (Phi) is 8.70. The summed E-state index contributed by atoms with van der Waals surface area (Å²) in [7, 11) is 2.09. The molecule has 0 spiro atoms. The summed E-state index contributed by atoms with van der Waals surface area (Å²) < 4.78 is 4.66. The van der Waals surface area contributed by atoms with Gasteiger partial charge in [-0.3, -0.25) is 4.98 Å². The third-order valence-electron chi connectivity index (χ3n) is 12.1. The van der Waals surface area contributed by atoms with Crippen molar-refractivity contribution in [2.75, 3.05) is 11.9 Å². The molecule has 0 N–H and O–H groups in total. The first-order chi connectivity index (χ1) is 30.6. The van der Waals surface area contributed by atoms with Gasteiger partial charge in [0.15, 0.2) is 5.69 Å². The van der Waals surface area contributed by atoms with Gasteiger partial charge in [0.1, 0.15) is 0 Å². The average Bonchev–Trinajstić information content (AvgIpc) is 3.86. The van der Waals surface area contributed by atoms with Crippen LogP contribution in [0.1, 0.15) is 5.56 Å². The standard InChI is InChI=1S/C56H36N6/c1-58-39-29-31-55(61-51-24-12-7-19-41(51)42-20-8-13-25-52(42)61)46(33-39)48-36-59-35-47(56(48)62-53-26-14-9-21-43(53)44-22-10-15-27-54(44)62)45-32-37(34-57)28-30-50(45)60(2)49-23-11-6-18-40(49)38-16-4-3-5-17-38/h3-33,35-36H,2H3. The van der Waals surface area contributed by atoms with Gasteiger partial charge < -0.3 is 14.0 Å². The number of para-hydroxylation sites is 5. The van der Waals surface area contributed by atoms with Crippen molar-refractivity contribution < 1.29 is 0 Å². The molecular weight excluding hydrogens is 757 g/mol. The minimum Gasteiger partial charge on any atom is -0.344 e. The summed E-state index contributed by atoms with van der Waals surface area (Å²) in [6.45, 7) is 8.24. The highest BCUT2D eigenvalue weighted by molar-refractivity contribution is 6.12. The Morgan fingerprint density at radius 3 is 1.61 bits per heavy atom. The Morgan fingerprint density at radius 2 is 1.02 bits per heavy atom. The van der Waals surface area contributed by atoms with Crippen LogP contribution >= 0.6 is 0 Å². The Bertz CT molecular complexity index is 3530. The SMILES string of the molecule is [C-]#[N+]c1ccc(-n2c3ccccc3c3ccccc32)c(-c2cncc(-c3cc(C#N)ccc3N(C)c3ccccc3-c3ccccc3)c2-n2c3ccccc3c3ccccc32)c1. The van der Waals surface area contributed by atoms with E-state index in [1.54, 1.807) is 0 Å². The fourth-order valence-corrected chi connectivity index (χ4v) is 9.31. The van der Waals surface area contributed by atoms with Crippen LogP contribution in [0, 0.1) is 17.9 Å². The van der Waals surface area contributed by atoms with Crippen molar-refractivity contribution in [1.29, 1.82) is 5.26 Å². The molecule has 0 unspecified atom stereocenters. The van der Waals surface area contributed by atoms with Gasteiger partial charge >= 0.3 is 0 Å². The third kappa shape index (κ3) is 5.74. The number of fused-ring (bicyclic) bond motifs is 6. The zero-order valence-corrected chi connectivity index (χ0v) is 33.7. The molecular formula is C56H36N6. The van der Waals surface area contributed by atoms with E-state index >= 15 is 0 Å². The highest BCUT2D eigenvalue weighted by Gasteiger charge is 2.26. The van der Waals surface area contributed by atoms with E-state index in [2.05, 4.69) is 184 Å². The molecule has 0 aliphatic carbocycles. The van der Waals surface area contributed by atoms with Gasteiger partial charge in [-0.2, -0.15) is 5.26 Å². The third-order valence-corrected chi connectivity index (χ3v) is 12.1. The highest BCUT2D eigenvalue weighted by Crippen LogP contribution is 2.47. The minimum absolute atomic E-state index is 0.521. The van der Waals surface area contributed by atoms with Crippen LogP contribution < -0.4 is 4.90 Å². The molecule has 0 amide bonds. The predicted molar refractivity (Wildman–Crippen MR) is 255 cm³/mol. The van der Waals surface area contributed by atoms with Gasteiger partial charge in [0.2, 0.25) is 0 Å². The number of aromatic nitrogens is 3. The minimum atomic E-state index is 0.521. The molecule has 8 aromatic carbocycles. The molecule has 0 aliphatic rings. The van der Waals surface area contributed by atoms with Crippen molar-refractivity contribution in [3.8, 4) is 50.8 Å². The maximum absolute atomic E-state index is 10.5. The van der Waals surface area contributed by atoms with Crippen LogP contribution in [0.4, 0.5) is 17.1 Å². The summed E-state index contributed by atoms with van der Waals surface area (Å²) in [5.74, 6) is 0. The fourth-order valence-electron chi connectivity index (χ4n) is 9.31. The summed E-state index contributed by atoms with van der Waals surface area (Å²) in [4.78, 5) is 11.2. The number of rotatable bonds is 7. The van der Waals surface area contributed by atoms with E-state index < -0.39 is 0 Å². The Hall–Kier alpha value is -8.71. The maximum atomic E-state index is 10.5. The van der Waals surface area contributed by atoms with Gasteiger partial charge in [0, 0.05) is 74.6 Å². The first kappa shape index (κ1) is 36.4. The predicted octanol–water partition coefficient (Wildman–Crippen LogP) is 14.5. The van der Waals surface area contributed by atoms with Crippen molar-refractivity contribution in [3.63, 3.8) is 0 Å². The molecule has 0 bridgehead atoms. The van der Waals surface area contributed by atoms with Crippen molar-refractivity contribution in [3.05, 3.63) is 217 Å². The molecule has 0 atom stereocenters. The second kappa shape index (κ2) is 14.8. The topological polar surface area (TPSA) is 54.1 Å². The number of anilines is 2. The van der Waals surface area contributed by atoms with Gasteiger partial charge in [-0.25, -0.2) is 4.85 Å². The number of benzene rings is 8. The molecule has 11 rings (SSSR count). The summed E-state index contributed by atoms with van der Waals surface area (Å²) >= 11 is 0. The molecule has 0 radical (unpaired) electrons. The van der Waals surface area contributed by atoms with E-state index in [1.807, 2.05) is 48.8 Å². The summed E-state index contributed by atoms with van der Waals surface area (Å²) in [5, 5.41) is 15.0. The molecule has 3 aromatic heterocycles. The van der Waals surface area contributed by atoms with E-state index in [0.29, 0.717) is 11.3 Å². The molecule has 3 heterocycles. The van der Waals surface area contributed by atoms with Gasteiger partial charge in [0.25, 0.3) is 0 Å². The number of hydrogen-bond acceptors (Lipinski definition) is 3. The Labute approximate surface area is 358 Å². The van der Waals surface area contributed by atoms with E-state index in [0.717, 1.165) is 99.7 Å². The lowest BCUT2D eigenvalue weighted by Crippen LogP contribution is -2.13. The Morgan fingerprint density at radius 1 is 0.500 bits per heavy atom. The van der Waals surface area contributed by atoms with Crippen molar-refractivity contribution in [2.45, 2.75) is 0 Å². The summed E-state index contributed by atoms with van der Waals surface area (Å²) in [5.41, 5.74) is 14.6. The van der Waals surface area contributed by atoms with Crippen LogP contribution in [0.3, 0.4) is 0 Å². The van der Waals surface area contributed by atoms with Gasteiger partial charge in [0.05, 0.1) is 51.6 Å². The van der Waals surface area contributed by atoms with Crippen LogP contribution in [0.5, 0.6) is 0 Å². The first-order valence-corrected chi connectivity index (χ1v) is 20.5. The largest absolute Gasteiger partial charge is 0.344 e. The van der Waals surface area contributed by atoms with Crippen molar-refractivity contribution >= 4 is 60.7 Å². The zero-order valence-electron chi connectivity index (χ0n) is 33.7. The number of pyridine rings is 1. The van der Waals surface area contributed by atoms with E-state index in [-0.39, 0.29) is 0 Å². The van der Waals surface area contributed by atoms with Crippen molar-refractivity contribution in [2.24, 2.45) is 0 Å². The molecule has 0 saturated carbocycles. The molecule has 290 valence electrons. The number of hydrogen-bond donors (Lipinski definition) is 0. The monoisotopic (exact) mass is 792 g/mol. The first-order valence-electron chi connectivity index (χ1n) is 20.5. The highest BCUT2D eigenvalue weighted by atomic mass is 15.1. The molecule has 62 heavy (non-hydrogen) atoms. The molecule has 0 saturated heterocycles. The second-order valence-electron chi connectivity index (χ2n) is 15.4. The summed E-state index contributed by atoms with van der Waals surface area (Å²) in [6.07, 6.45) is 3.86. The number of nitriles is 1. The lowest BCUT2D eigenvalue weighted by atomic mass is 9.94. The van der Waals surface area contributed by atoms with Gasteiger partial charge in [-0.15, -0.1) is 0 Å². The van der Waals surface area contributed by atoms with Crippen LogP contribution in [0.15, 0.2) is 200 Å². The van der Waals surface area contributed by atoms with Crippen LogP contribution in [-0.4, -0.2) is 21.2 Å². The second-order valence-corrected chi connectivity index (χ2v) is 15.4. The Balaban J connectivity index is 1.27. The lowest BCUT2D eigenvalue weighted by Gasteiger charge is -2.27. The molecule has 11 aromatic rings. The van der Waals surface area contributed by atoms with E-state index in [9.17, 15) is 5.26 Å². The van der Waals surface area contributed by atoms with Crippen LogP contribution in [0.25, 0.3) is 93.2 Å². The van der Waals surface area contributed by atoms with Gasteiger partial charge in [-0.1, -0.05) is 127 Å². The quantitative estimate of drug-likeness (QED) is 0.151. The fraction of sp³-hybridized carbons (Fsp3) is 0.0179. The zero-order chi connectivity index (χ0) is 41.7. The van der Waals surface area contributed by atoms with Crippen LogP contribution in [-0.2, 0) is 0 Å². The van der Waals surface area contributed by atoms with E-state index in [4.69, 9.17) is 11.6 Å². The van der Waals surface area contributed by atoms with Gasteiger partial charge in [-0.05, 0) is 71.8 Å². The van der Waals surface area contributed by atoms with E-state index in [1.165, 1.54) is 0 Å².